The highest BCUT2D eigenvalue weighted by Gasteiger charge is 2.31. The summed E-state index contributed by atoms with van der Waals surface area (Å²) in [6, 6.07) is 8.80. The number of nitrogens with zero attached hydrogens (tertiary/aromatic N) is 3. The van der Waals surface area contributed by atoms with Gasteiger partial charge in [-0.2, -0.15) is 4.31 Å². The van der Waals surface area contributed by atoms with Crippen LogP contribution in [0.4, 0.5) is 10.5 Å². The van der Waals surface area contributed by atoms with Gasteiger partial charge in [0.2, 0.25) is 10.0 Å². The third-order valence-corrected chi connectivity index (χ3v) is 7.60. The number of hydrogen-bond donors (Lipinski definition) is 2. The van der Waals surface area contributed by atoms with Crippen LogP contribution in [-0.2, 0) is 17.1 Å². The summed E-state index contributed by atoms with van der Waals surface area (Å²) in [5, 5.41) is 2.87. The molecule has 0 saturated carbocycles. The molecule has 3 N–H and O–H groups in total. The van der Waals surface area contributed by atoms with Gasteiger partial charge in [0.1, 0.15) is 10.6 Å². The van der Waals surface area contributed by atoms with Gasteiger partial charge >= 0.3 is 6.03 Å². The van der Waals surface area contributed by atoms with Crippen LogP contribution in [0.15, 0.2) is 41.4 Å². The molecule has 3 rings (SSSR count). The summed E-state index contributed by atoms with van der Waals surface area (Å²) in [7, 11) is -2.21. The fourth-order valence-electron chi connectivity index (χ4n) is 3.53. The van der Waals surface area contributed by atoms with Crippen molar-refractivity contribution in [3.05, 3.63) is 47.8 Å². The molecule has 31 heavy (non-hydrogen) atoms. The highest BCUT2D eigenvalue weighted by molar-refractivity contribution is 7.89. The molecule has 9 nitrogen and oxygen atoms in total. The van der Waals surface area contributed by atoms with Crippen LogP contribution in [-0.4, -0.2) is 60.3 Å². The summed E-state index contributed by atoms with van der Waals surface area (Å²) in [5.41, 5.74) is 7.32. The molecule has 1 fully saturated rings. The first-order chi connectivity index (χ1) is 14.6. The van der Waals surface area contributed by atoms with Gasteiger partial charge in [-0.1, -0.05) is 26.0 Å². The number of carbonyl (C=O) groups excluding carboxylic acids is 2. The first-order valence-corrected chi connectivity index (χ1v) is 11.7. The van der Waals surface area contributed by atoms with Crippen molar-refractivity contribution in [1.29, 1.82) is 0 Å². The van der Waals surface area contributed by atoms with Crippen molar-refractivity contribution in [2.45, 2.75) is 31.1 Å². The minimum Gasteiger partial charge on any atom is -0.364 e. The van der Waals surface area contributed by atoms with Gasteiger partial charge in [0.25, 0.3) is 5.91 Å². The van der Waals surface area contributed by atoms with Crippen molar-refractivity contribution >= 4 is 27.6 Å². The lowest BCUT2D eigenvalue weighted by Gasteiger charge is -2.33. The van der Waals surface area contributed by atoms with Crippen molar-refractivity contribution in [2.75, 3.05) is 31.5 Å². The minimum atomic E-state index is -3.77. The van der Waals surface area contributed by atoms with Gasteiger partial charge in [-0.15, -0.1) is 0 Å². The molecule has 3 amide bonds. The number of hydrogen-bond acceptors (Lipinski definition) is 4. The molecule has 0 aliphatic carbocycles. The molecule has 1 aliphatic rings. The SMILES string of the molecule is CCC(C)c1ccc(NC(=O)N2CCN(S(=O)(=O)c3cc(C(N)=O)n(C)c3)CC2)cc1. The summed E-state index contributed by atoms with van der Waals surface area (Å²) in [6.45, 7) is 5.17. The molecule has 0 spiro atoms. The van der Waals surface area contributed by atoms with Crippen LogP contribution >= 0.6 is 0 Å². The zero-order chi connectivity index (χ0) is 22.8. The van der Waals surface area contributed by atoms with E-state index in [0.29, 0.717) is 11.6 Å². The van der Waals surface area contributed by atoms with Crippen LogP contribution in [0.5, 0.6) is 0 Å². The van der Waals surface area contributed by atoms with Crippen molar-refractivity contribution in [2.24, 2.45) is 12.8 Å². The van der Waals surface area contributed by atoms with E-state index in [0.717, 1.165) is 6.42 Å². The Morgan fingerprint density at radius 1 is 1.13 bits per heavy atom. The number of carbonyl (C=O) groups is 2. The van der Waals surface area contributed by atoms with Crippen molar-refractivity contribution in [1.82, 2.24) is 13.8 Å². The van der Waals surface area contributed by atoms with Crippen LogP contribution in [0.1, 0.15) is 42.2 Å². The number of sulfonamides is 1. The molecule has 2 aromatic rings. The van der Waals surface area contributed by atoms with Crippen molar-refractivity contribution in [3.8, 4) is 0 Å². The number of nitrogens with two attached hydrogens (primary N) is 1. The van der Waals surface area contributed by atoms with Gasteiger partial charge in [-0.25, -0.2) is 13.2 Å². The van der Waals surface area contributed by atoms with Crippen LogP contribution < -0.4 is 11.1 Å². The molecule has 1 aromatic carbocycles. The Balaban J connectivity index is 1.60. The van der Waals surface area contributed by atoms with E-state index in [-0.39, 0.29) is 42.8 Å². The second-order valence-corrected chi connectivity index (χ2v) is 9.73. The van der Waals surface area contributed by atoms with E-state index in [1.807, 2.05) is 24.3 Å². The lowest BCUT2D eigenvalue weighted by molar-refractivity contribution is 0.0992. The third kappa shape index (κ3) is 4.91. The van der Waals surface area contributed by atoms with E-state index in [1.54, 1.807) is 11.9 Å². The maximum atomic E-state index is 12.9. The molecule has 1 aromatic heterocycles. The number of nitrogens with one attached hydrogen (secondary N) is 1. The number of aryl methyl sites for hydroxylation is 1. The molecule has 1 unspecified atom stereocenters. The van der Waals surface area contributed by atoms with Gasteiger partial charge in [0.05, 0.1) is 0 Å². The first-order valence-electron chi connectivity index (χ1n) is 10.3. The number of aromatic nitrogens is 1. The zero-order valence-corrected chi connectivity index (χ0v) is 18.9. The fourth-order valence-corrected chi connectivity index (χ4v) is 5.03. The Kier molecular flexibility index (Phi) is 6.71. The summed E-state index contributed by atoms with van der Waals surface area (Å²) in [6.07, 6.45) is 2.42. The van der Waals surface area contributed by atoms with E-state index in [4.69, 9.17) is 5.73 Å². The molecular formula is C21H29N5O4S. The highest BCUT2D eigenvalue weighted by atomic mass is 32.2. The van der Waals surface area contributed by atoms with Gasteiger partial charge in [-0.05, 0) is 36.1 Å². The number of piperazine rings is 1. The molecule has 168 valence electrons. The molecular weight excluding hydrogens is 418 g/mol. The number of anilines is 1. The Bertz CT molecular complexity index is 1050. The summed E-state index contributed by atoms with van der Waals surface area (Å²) >= 11 is 0. The highest BCUT2D eigenvalue weighted by Crippen LogP contribution is 2.22. The number of benzene rings is 1. The molecule has 1 saturated heterocycles. The van der Waals surface area contributed by atoms with Gasteiger partial charge in [0.15, 0.2) is 0 Å². The monoisotopic (exact) mass is 447 g/mol. The quantitative estimate of drug-likeness (QED) is 0.705. The van der Waals surface area contributed by atoms with Crippen LogP contribution in [0, 0.1) is 0 Å². The van der Waals surface area contributed by atoms with Crippen LogP contribution in [0.3, 0.4) is 0 Å². The molecule has 1 aliphatic heterocycles. The topological polar surface area (TPSA) is 118 Å². The van der Waals surface area contributed by atoms with E-state index >= 15 is 0 Å². The summed E-state index contributed by atoms with van der Waals surface area (Å²) < 4.78 is 28.5. The predicted octanol–water partition coefficient (Wildman–Crippen LogP) is 2.18. The Morgan fingerprint density at radius 2 is 1.74 bits per heavy atom. The summed E-state index contributed by atoms with van der Waals surface area (Å²) in [4.78, 5) is 25.6. The van der Waals surface area contributed by atoms with Crippen molar-refractivity contribution < 1.29 is 18.0 Å². The molecule has 10 heteroatoms. The maximum absolute atomic E-state index is 12.9. The molecule has 0 radical (unpaired) electrons. The Morgan fingerprint density at radius 3 is 2.26 bits per heavy atom. The van der Waals surface area contributed by atoms with Gasteiger partial charge in [-0.3, -0.25) is 4.79 Å². The van der Waals surface area contributed by atoms with Gasteiger partial charge in [0, 0.05) is 45.1 Å². The van der Waals surface area contributed by atoms with E-state index < -0.39 is 15.9 Å². The second-order valence-electron chi connectivity index (χ2n) is 7.79. The van der Waals surface area contributed by atoms with E-state index in [2.05, 4.69) is 19.2 Å². The van der Waals surface area contributed by atoms with E-state index in [1.165, 1.54) is 26.7 Å². The molecule has 0 bridgehead atoms. The normalized spacial score (nSPS) is 16.2. The lowest BCUT2D eigenvalue weighted by atomic mass is 9.99. The Hall–Kier alpha value is -2.85. The van der Waals surface area contributed by atoms with Crippen LogP contribution in [0.2, 0.25) is 0 Å². The number of primary amides is 1. The van der Waals surface area contributed by atoms with Crippen molar-refractivity contribution in [3.63, 3.8) is 0 Å². The average Bonchev–Trinajstić information content (AvgIpc) is 3.16. The fraction of sp³-hybridized carbons (Fsp3) is 0.429. The third-order valence-electron chi connectivity index (χ3n) is 5.74. The minimum absolute atomic E-state index is 0.0168. The number of urea groups is 1. The first kappa shape index (κ1) is 22.8. The molecule has 2 heterocycles. The average molecular weight is 448 g/mol. The largest absolute Gasteiger partial charge is 0.364 e. The zero-order valence-electron chi connectivity index (χ0n) is 18.0. The van der Waals surface area contributed by atoms with Crippen LogP contribution in [0.25, 0.3) is 0 Å². The van der Waals surface area contributed by atoms with E-state index in [9.17, 15) is 18.0 Å². The lowest BCUT2D eigenvalue weighted by Crippen LogP contribution is -2.51. The number of amides is 3. The molecule has 1 atom stereocenters. The smallest absolute Gasteiger partial charge is 0.321 e. The second kappa shape index (κ2) is 9.11. The standard InChI is InChI=1S/C21H29N5O4S/c1-4-15(2)16-5-7-17(8-6-16)23-21(28)25-9-11-26(12-10-25)31(29,30)18-13-19(20(22)27)24(3)14-18/h5-8,13-15H,4,9-12H2,1-3H3,(H2,22,27)(H,23,28). The van der Waals surface area contributed by atoms with Gasteiger partial charge < -0.3 is 20.5 Å². The maximum Gasteiger partial charge on any atom is 0.321 e. The summed E-state index contributed by atoms with van der Waals surface area (Å²) in [5.74, 6) is -0.230. The predicted molar refractivity (Wildman–Crippen MR) is 118 cm³/mol. The number of rotatable bonds is 6. The Labute approximate surface area is 182 Å².